The second kappa shape index (κ2) is 9.52. The highest BCUT2D eigenvalue weighted by atomic mass is 32.2. The lowest BCUT2D eigenvalue weighted by molar-refractivity contribution is -0.120. The van der Waals surface area contributed by atoms with Crippen molar-refractivity contribution in [1.82, 2.24) is 5.32 Å². The van der Waals surface area contributed by atoms with Crippen molar-refractivity contribution >= 4 is 29.3 Å². The van der Waals surface area contributed by atoms with Crippen LogP contribution < -0.4 is 10.6 Å². The van der Waals surface area contributed by atoms with Gasteiger partial charge in [0.2, 0.25) is 11.8 Å². The summed E-state index contributed by atoms with van der Waals surface area (Å²) in [5.41, 5.74) is 2.25. The average Bonchev–Trinajstić information content (AvgIpc) is 2.57. The number of nitrogens with one attached hydrogen (secondary N) is 2. The molecule has 0 heterocycles. The Bertz CT molecular complexity index is 596. The third-order valence-electron chi connectivity index (χ3n) is 3.99. The van der Waals surface area contributed by atoms with E-state index in [1.807, 2.05) is 31.2 Å². The molecule has 0 aromatic heterocycles. The number of carbonyl (C=O) groups excluding carboxylic acids is 2. The maximum Gasteiger partial charge on any atom is 0.233 e. The van der Waals surface area contributed by atoms with Crippen LogP contribution in [-0.2, 0) is 9.59 Å². The third-order valence-corrected chi connectivity index (χ3v) is 5.10. The van der Waals surface area contributed by atoms with Crippen molar-refractivity contribution < 1.29 is 9.59 Å². The number of anilines is 1. The van der Waals surface area contributed by atoms with Gasteiger partial charge >= 0.3 is 0 Å². The van der Waals surface area contributed by atoms with E-state index in [0.29, 0.717) is 0 Å². The van der Waals surface area contributed by atoms with E-state index in [-0.39, 0.29) is 17.1 Å². The largest absolute Gasteiger partial charge is 0.355 e. The summed E-state index contributed by atoms with van der Waals surface area (Å²) in [7, 11) is 0. The molecule has 0 bridgehead atoms. The Labute approximate surface area is 148 Å². The van der Waals surface area contributed by atoms with Crippen LogP contribution >= 0.6 is 11.8 Å². The first kappa shape index (κ1) is 18.6. The van der Waals surface area contributed by atoms with Crippen molar-refractivity contribution in [3.05, 3.63) is 35.9 Å². The van der Waals surface area contributed by atoms with Crippen molar-refractivity contribution in [1.29, 1.82) is 0 Å². The number of rotatable bonds is 7. The highest BCUT2D eigenvalue weighted by Gasteiger charge is 2.14. The van der Waals surface area contributed by atoms with E-state index in [1.54, 1.807) is 0 Å². The van der Waals surface area contributed by atoms with E-state index in [0.717, 1.165) is 23.5 Å². The quantitative estimate of drug-likeness (QED) is 0.576. The molecule has 1 unspecified atom stereocenters. The van der Waals surface area contributed by atoms with Crippen molar-refractivity contribution in [3.8, 4) is 0 Å². The van der Waals surface area contributed by atoms with Crippen molar-refractivity contribution in [3.63, 3.8) is 0 Å². The van der Waals surface area contributed by atoms with E-state index in [4.69, 9.17) is 0 Å². The molecular formula is C19H26N2O2S. The SMILES string of the molecule is CC(=O)Nc1ccc(SC(C)C(=O)NCCC2=CCCCC2)cc1. The van der Waals surface area contributed by atoms with E-state index in [9.17, 15) is 9.59 Å². The fourth-order valence-electron chi connectivity index (χ4n) is 2.70. The summed E-state index contributed by atoms with van der Waals surface area (Å²) < 4.78 is 0. The zero-order chi connectivity index (χ0) is 17.4. The van der Waals surface area contributed by atoms with Gasteiger partial charge in [-0.05, 0) is 63.3 Å². The lowest BCUT2D eigenvalue weighted by atomic mass is 9.97. The highest BCUT2D eigenvalue weighted by molar-refractivity contribution is 8.00. The number of amides is 2. The molecule has 130 valence electrons. The first-order valence-electron chi connectivity index (χ1n) is 8.54. The van der Waals surface area contributed by atoms with Gasteiger partial charge < -0.3 is 10.6 Å². The summed E-state index contributed by atoms with van der Waals surface area (Å²) >= 11 is 1.53. The zero-order valence-electron chi connectivity index (χ0n) is 14.4. The number of hydrogen-bond acceptors (Lipinski definition) is 3. The second-order valence-electron chi connectivity index (χ2n) is 6.11. The van der Waals surface area contributed by atoms with Gasteiger partial charge in [0.1, 0.15) is 0 Å². The number of hydrogen-bond donors (Lipinski definition) is 2. The summed E-state index contributed by atoms with van der Waals surface area (Å²) in [6.45, 7) is 4.12. The maximum atomic E-state index is 12.2. The molecule has 1 aromatic rings. The molecular weight excluding hydrogens is 320 g/mol. The minimum Gasteiger partial charge on any atom is -0.355 e. The van der Waals surface area contributed by atoms with Crippen LogP contribution in [-0.4, -0.2) is 23.6 Å². The molecule has 0 saturated carbocycles. The predicted octanol–water partition coefficient (Wildman–Crippen LogP) is 4.13. The normalized spacial score (nSPS) is 15.3. The van der Waals surface area contributed by atoms with Gasteiger partial charge in [0, 0.05) is 24.1 Å². The zero-order valence-corrected chi connectivity index (χ0v) is 15.2. The van der Waals surface area contributed by atoms with Gasteiger partial charge in [-0.1, -0.05) is 11.6 Å². The van der Waals surface area contributed by atoms with Crippen molar-refractivity contribution in [2.24, 2.45) is 0 Å². The maximum absolute atomic E-state index is 12.2. The van der Waals surface area contributed by atoms with Crippen molar-refractivity contribution in [2.75, 3.05) is 11.9 Å². The number of carbonyl (C=O) groups is 2. The molecule has 1 aliphatic rings. The molecule has 1 aliphatic carbocycles. The summed E-state index contributed by atoms with van der Waals surface area (Å²) in [5, 5.41) is 5.62. The molecule has 0 aliphatic heterocycles. The fourth-order valence-corrected chi connectivity index (χ4v) is 3.59. The summed E-state index contributed by atoms with van der Waals surface area (Å²) in [6, 6.07) is 7.55. The lowest BCUT2D eigenvalue weighted by Gasteiger charge is -2.15. The Kier molecular flexibility index (Phi) is 7.37. The fraction of sp³-hybridized carbons (Fsp3) is 0.474. The van der Waals surface area contributed by atoms with Gasteiger partial charge in [-0.25, -0.2) is 0 Å². The molecule has 1 atom stereocenters. The van der Waals surface area contributed by atoms with Crippen LogP contribution in [0, 0.1) is 0 Å². The van der Waals surface area contributed by atoms with Crippen LogP contribution in [0.4, 0.5) is 5.69 Å². The van der Waals surface area contributed by atoms with Crippen LogP contribution in [0.25, 0.3) is 0 Å². The standard InChI is InChI=1S/C19H26N2O2S/c1-14(19(23)20-13-12-16-6-4-3-5-7-16)24-18-10-8-17(9-11-18)21-15(2)22/h6,8-11,14H,3-5,7,12-13H2,1-2H3,(H,20,23)(H,21,22). The molecule has 24 heavy (non-hydrogen) atoms. The van der Waals surface area contributed by atoms with Gasteiger partial charge in [0.05, 0.1) is 5.25 Å². The minimum atomic E-state index is -0.142. The Balaban J connectivity index is 1.74. The molecule has 5 heteroatoms. The van der Waals surface area contributed by atoms with Gasteiger partial charge in [0.25, 0.3) is 0 Å². The number of benzene rings is 1. The van der Waals surface area contributed by atoms with Gasteiger partial charge in [-0.15, -0.1) is 11.8 Å². The average molecular weight is 346 g/mol. The van der Waals surface area contributed by atoms with Crippen LogP contribution in [0.1, 0.15) is 46.0 Å². The molecule has 0 fully saturated rings. The van der Waals surface area contributed by atoms with E-state index in [1.165, 1.54) is 49.9 Å². The number of thioether (sulfide) groups is 1. The molecule has 0 spiro atoms. The molecule has 4 nitrogen and oxygen atoms in total. The topological polar surface area (TPSA) is 58.2 Å². The second-order valence-corrected chi connectivity index (χ2v) is 7.53. The Hall–Kier alpha value is -1.75. The smallest absolute Gasteiger partial charge is 0.233 e. The highest BCUT2D eigenvalue weighted by Crippen LogP contribution is 2.25. The molecule has 0 saturated heterocycles. The van der Waals surface area contributed by atoms with Crippen LogP contribution in [0.5, 0.6) is 0 Å². The molecule has 0 radical (unpaired) electrons. The summed E-state index contributed by atoms with van der Waals surface area (Å²) in [5.74, 6) is -0.0152. The molecule has 2 N–H and O–H groups in total. The molecule has 2 amide bonds. The van der Waals surface area contributed by atoms with Gasteiger partial charge in [-0.2, -0.15) is 0 Å². The number of allylic oxidation sites excluding steroid dienone is 1. The van der Waals surface area contributed by atoms with E-state index in [2.05, 4.69) is 16.7 Å². The van der Waals surface area contributed by atoms with Gasteiger partial charge in [-0.3, -0.25) is 9.59 Å². The lowest BCUT2D eigenvalue weighted by Crippen LogP contribution is -2.31. The molecule has 1 aromatic carbocycles. The minimum absolute atomic E-state index is 0.0716. The Morgan fingerprint density at radius 1 is 1.21 bits per heavy atom. The Morgan fingerprint density at radius 3 is 2.58 bits per heavy atom. The predicted molar refractivity (Wildman–Crippen MR) is 100 cm³/mol. The van der Waals surface area contributed by atoms with Crippen molar-refractivity contribution in [2.45, 2.75) is 56.1 Å². The Morgan fingerprint density at radius 2 is 1.96 bits per heavy atom. The summed E-state index contributed by atoms with van der Waals surface area (Å²) in [4.78, 5) is 24.2. The molecule has 2 rings (SSSR count). The van der Waals surface area contributed by atoms with E-state index < -0.39 is 0 Å². The van der Waals surface area contributed by atoms with Crippen LogP contribution in [0.15, 0.2) is 40.8 Å². The van der Waals surface area contributed by atoms with Crippen LogP contribution in [0.2, 0.25) is 0 Å². The first-order valence-corrected chi connectivity index (χ1v) is 9.42. The van der Waals surface area contributed by atoms with E-state index >= 15 is 0 Å². The third kappa shape index (κ3) is 6.40. The van der Waals surface area contributed by atoms with Gasteiger partial charge in [0.15, 0.2) is 0 Å². The first-order chi connectivity index (χ1) is 11.5. The van der Waals surface area contributed by atoms with Crippen LogP contribution in [0.3, 0.4) is 0 Å². The monoisotopic (exact) mass is 346 g/mol. The summed E-state index contributed by atoms with van der Waals surface area (Å²) in [6.07, 6.45) is 8.23.